The van der Waals surface area contributed by atoms with E-state index in [2.05, 4.69) is 37.9 Å². The van der Waals surface area contributed by atoms with Gasteiger partial charge in [-0.15, -0.1) is 0 Å². The van der Waals surface area contributed by atoms with Crippen LogP contribution in [0.5, 0.6) is 0 Å². The molecule has 1 aliphatic heterocycles. The summed E-state index contributed by atoms with van der Waals surface area (Å²) in [6.45, 7) is 12.1. The Morgan fingerprint density at radius 1 is 1.28 bits per heavy atom. The van der Waals surface area contributed by atoms with Gasteiger partial charge in [-0.3, -0.25) is 4.90 Å². The maximum atomic E-state index is 3.76. The van der Waals surface area contributed by atoms with E-state index in [1.165, 1.54) is 51.6 Å². The Morgan fingerprint density at radius 3 is 2.61 bits per heavy atom. The molecule has 18 heavy (non-hydrogen) atoms. The lowest BCUT2D eigenvalue weighted by Gasteiger charge is -2.47. The Morgan fingerprint density at radius 2 is 2.06 bits per heavy atom. The molecular weight excluding hydrogens is 220 g/mol. The van der Waals surface area contributed by atoms with E-state index in [9.17, 15) is 0 Å². The third kappa shape index (κ3) is 2.91. The standard InChI is InChI=1S/C16H32N2/c1-5-8-13-12-18(14(6-2)11-17-13)15-9-7-10-16(15,3)4/h13-15,17H,5-12H2,1-4H3. The van der Waals surface area contributed by atoms with Gasteiger partial charge in [0.15, 0.2) is 0 Å². The second-order valence-electron chi connectivity index (χ2n) is 7.05. The smallest absolute Gasteiger partial charge is 0.0221 e. The number of nitrogens with one attached hydrogen (secondary N) is 1. The Bertz CT molecular complexity index is 262. The number of hydrogen-bond donors (Lipinski definition) is 1. The zero-order valence-electron chi connectivity index (χ0n) is 12.8. The molecule has 1 saturated carbocycles. The zero-order valence-corrected chi connectivity index (χ0v) is 12.8. The Kier molecular flexibility index (Phi) is 4.71. The Balaban J connectivity index is 2.06. The number of piperazine rings is 1. The van der Waals surface area contributed by atoms with Gasteiger partial charge in [-0.2, -0.15) is 0 Å². The van der Waals surface area contributed by atoms with Crippen LogP contribution in [0.25, 0.3) is 0 Å². The average molecular weight is 252 g/mol. The van der Waals surface area contributed by atoms with Gasteiger partial charge in [0.1, 0.15) is 0 Å². The molecule has 0 bridgehead atoms. The van der Waals surface area contributed by atoms with Crippen LogP contribution in [0.15, 0.2) is 0 Å². The van der Waals surface area contributed by atoms with E-state index < -0.39 is 0 Å². The second kappa shape index (κ2) is 5.92. The zero-order chi connectivity index (χ0) is 13.2. The van der Waals surface area contributed by atoms with E-state index in [1.807, 2.05) is 0 Å². The van der Waals surface area contributed by atoms with E-state index in [1.54, 1.807) is 0 Å². The van der Waals surface area contributed by atoms with Crippen molar-refractivity contribution in [1.29, 1.82) is 0 Å². The Labute approximate surface area is 114 Å². The molecule has 3 atom stereocenters. The lowest BCUT2D eigenvalue weighted by atomic mass is 9.84. The van der Waals surface area contributed by atoms with Crippen molar-refractivity contribution in [3.05, 3.63) is 0 Å². The van der Waals surface area contributed by atoms with Crippen LogP contribution < -0.4 is 5.32 Å². The molecule has 0 aromatic heterocycles. The van der Waals surface area contributed by atoms with Gasteiger partial charge in [0.2, 0.25) is 0 Å². The topological polar surface area (TPSA) is 15.3 Å². The maximum Gasteiger partial charge on any atom is 0.0221 e. The molecule has 2 rings (SSSR count). The first-order valence-corrected chi connectivity index (χ1v) is 8.07. The third-order valence-corrected chi connectivity index (χ3v) is 5.25. The van der Waals surface area contributed by atoms with E-state index in [4.69, 9.17) is 0 Å². The minimum atomic E-state index is 0.529. The fourth-order valence-corrected chi connectivity index (χ4v) is 4.11. The fraction of sp³-hybridized carbons (Fsp3) is 1.00. The van der Waals surface area contributed by atoms with E-state index in [0.29, 0.717) is 5.41 Å². The molecule has 1 aliphatic carbocycles. The van der Waals surface area contributed by atoms with Crippen LogP contribution in [0.1, 0.15) is 66.2 Å². The van der Waals surface area contributed by atoms with Gasteiger partial charge >= 0.3 is 0 Å². The summed E-state index contributed by atoms with van der Waals surface area (Å²) in [6, 6.07) is 2.32. The van der Waals surface area contributed by atoms with Crippen molar-refractivity contribution in [2.75, 3.05) is 13.1 Å². The van der Waals surface area contributed by atoms with Crippen molar-refractivity contribution in [3.63, 3.8) is 0 Å². The normalized spacial score (nSPS) is 37.0. The number of nitrogens with zero attached hydrogens (tertiary/aromatic N) is 1. The predicted octanol–water partition coefficient (Wildman–Crippen LogP) is 3.42. The molecule has 1 N–H and O–H groups in total. The molecule has 2 fully saturated rings. The van der Waals surface area contributed by atoms with Gasteiger partial charge in [0, 0.05) is 31.2 Å². The van der Waals surface area contributed by atoms with E-state index >= 15 is 0 Å². The third-order valence-electron chi connectivity index (χ3n) is 5.25. The molecule has 0 aromatic rings. The molecule has 2 nitrogen and oxygen atoms in total. The lowest BCUT2D eigenvalue weighted by molar-refractivity contribution is 0.0320. The quantitative estimate of drug-likeness (QED) is 0.825. The first-order valence-electron chi connectivity index (χ1n) is 8.07. The van der Waals surface area contributed by atoms with Crippen LogP contribution in [0.2, 0.25) is 0 Å². The molecule has 2 aliphatic rings. The highest BCUT2D eigenvalue weighted by Crippen LogP contribution is 2.42. The highest BCUT2D eigenvalue weighted by atomic mass is 15.3. The number of hydrogen-bond acceptors (Lipinski definition) is 2. The van der Waals surface area contributed by atoms with Gasteiger partial charge in [-0.25, -0.2) is 0 Å². The molecule has 0 aromatic carbocycles. The van der Waals surface area contributed by atoms with Crippen molar-refractivity contribution in [1.82, 2.24) is 10.2 Å². The van der Waals surface area contributed by atoms with E-state index in [0.717, 1.165) is 18.1 Å². The maximum absolute atomic E-state index is 3.76. The Hall–Kier alpha value is -0.0800. The summed E-state index contributed by atoms with van der Waals surface area (Å²) < 4.78 is 0. The van der Waals surface area contributed by atoms with Crippen LogP contribution in [-0.4, -0.2) is 36.1 Å². The molecule has 0 radical (unpaired) electrons. The minimum Gasteiger partial charge on any atom is -0.311 e. The van der Waals surface area contributed by atoms with Gasteiger partial charge in [0.25, 0.3) is 0 Å². The second-order valence-corrected chi connectivity index (χ2v) is 7.05. The summed E-state index contributed by atoms with van der Waals surface area (Å²) >= 11 is 0. The summed E-state index contributed by atoms with van der Waals surface area (Å²) in [6.07, 6.45) is 8.18. The molecule has 106 valence electrons. The van der Waals surface area contributed by atoms with Crippen molar-refractivity contribution in [3.8, 4) is 0 Å². The van der Waals surface area contributed by atoms with Crippen LogP contribution in [0, 0.1) is 5.41 Å². The summed E-state index contributed by atoms with van der Waals surface area (Å²) in [5, 5.41) is 3.76. The van der Waals surface area contributed by atoms with Crippen LogP contribution in [0.4, 0.5) is 0 Å². The SMILES string of the molecule is CCCC1CN(C2CCCC2(C)C)C(CC)CN1. The molecule has 3 unspecified atom stereocenters. The van der Waals surface area contributed by atoms with Crippen molar-refractivity contribution < 1.29 is 0 Å². The summed E-state index contributed by atoms with van der Waals surface area (Å²) in [5.41, 5.74) is 0.529. The van der Waals surface area contributed by atoms with Crippen LogP contribution in [0.3, 0.4) is 0 Å². The summed E-state index contributed by atoms with van der Waals surface area (Å²) in [7, 11) is 0. The van der Waals surface area contributed by atoms with Crippen molar-refractivity contribution >= 4 is 0 Å². The molecule has 2 heteroatoms. The first kappa shape index (κ1) is 14.3. The lowest BCUT2D eigenvalue weighted by Crippen LogP contribution is -2.60. The van der Waals surface area contributed by atoms with Crippen LogP contribution in [-0.2, 0) is 0 Å². The van der Waals surface area contributed by atoms with Crippen LogP contribution >= 0.6 is 0 Å². The van der Waals surface area contributed by atoms with E-state index in [-0.39, 0.29) is 0 Å². The highest BCUT2D eigenvalue weighted by Gasteiger charge is 2.42. The summed E-state index contributed by atoms with van der Waals surface area (Å²) in [5.74, 6) is 0. The highest BCUT2D eigenvalue weighted by molar-refractivity contribution is 4.97. The van der Waals surface area contributed by atoms with Gasteiger partial charge in [0.05, 0.1) is 0 Å². The molecule has 0 amide bonds. The fourth-order valence-electron chi connectivity index (χ4n) is 4.11. The van der Waals surface area contributed by atoms with Crippen molar-refractivity contribution in [2.24, 2.45) is 5.41 Å². The largest absolute Gasteiger partial charge is 0.311 e. The molecule has 1 saturated heterocycles. The van der Waals surface area contributed by atoms with Crippen molar-refractivity contribution in [2.45, 2.75) is 84.3 Å². The van der Waals surface area contributed by atoms with Gasteiger partial charge in [-0.05, 0) is 31.1 Å². The minimum absolute atomic E-state index is 0.529. The number of rotatable bonds is 4. The molecule has 0 spiro atoms. The molecule has 1 heterocycles. The average Bonchev–Trinajstić information content (AvgIpc) is 2.69. The predicted molar refractivity (Wildman–Crippen MR) is 78.9 cm³/mol. The monoisotopic (exact) mass is 252 g/mol. The summed E-state index contributed by atoms with van der Waals surface area (Å²) in [4.78, 5) is 2.86. The molecular formula is C16H32N2. The first-order chi connectivity index (χ1) is 8.58. The van der Waals surface area contributed by atoms with Gasteiger partial charge < -0.3 is 5.32 Å². The van der Waals surface area contributed by atoms with Gasteiger partial charge in [-0.1, -0.05) is 40.5 Å².